The van der Waals surface area contributed by atoms with Crippen LogP contribution in [0.5, 0.6) is 0 Å². The third-order valence-corrected chi connectivity index (χ3v) is 17.6. The summed E-state index contributed by atoms with van der Waals surface area (Å²) in [7, 11) is 0. The minimum Gasteiger partial charge on any atom is -0.307 e. The zero-order valence-electron chi connectivity index (χ0n) is 46.5. The molecule has 0 fully saturated rings. The van der Waals surface area contributed by atoms with Crippen molar-refractivity contribution in [3.8, 4) is 51.5 Å². The molecule has 0 aliphatic carbocycles. The number of fused-ring (bicyclic) bond motifs is 17. The highest BCUT2D eigenvalue weighted by Gasteiger charge is 2.26. The fourth-order valence-electron chi connectivity index (χ4n) is 14.0. The van der Waals surface area contributed by atoms with Gasteiger partial charge in [-0.15, -0.1) is 0 Å². The molecule has 0 aliphatic heterocycles. The Hall–Kier alpha value is -11.4. The largest absolute Gasteiger partial charge is 0.307 e. The van der Waals surface area contributed by atoms with E-state index in [1.807, 2.05) is 0 Å². The van der Waals surface area contributed by atoms with Crippen LogP contribution in [0.4, 0.5) is 0 Å². The van der Waals surface area contributed by atoms with Crippen LogP contribution in [-0.2, 0) is 0 Å². The van der Waals surface area contributed by atoms with Crippen LogP contribution < -0.4 is 0 Å². The van der Waals surface area contributed by atoms with Gasteiger partial charge in [0.25, 0.3) is 0 Å². The van der Waals surface area contributed by atoms with E-state index in [1.165, 1.54) is 43.1 Å². The predicted molar refractivity (Wildman–Crippen MR) is 352 cm³/mol. The molecule has 0 amide bonds. The lowest BCUT2D eigenvalue weighted by molar-refractivity contribution is 0.952. The van der Waals surface area contributed by atoms with Crippen molar-refractivity contribution in [3.63, 3.8) is 0 Å². The van der Waals surface area contributed by atoms with Gasteiger partial charge < -0.3 is 18.3 Å². The first kappa shape index (κ1) is 47.3. The molecule has 0 radical (unpaired) electrons. The predicted octanol–water partition coefficient (Wildman–Crippen LogP) is 19.3. The molecule has 0 saturated carbocycles. The Labute approximate surface area is 487 Å². The Morgan fingerprint density at radius 3 is 0.918 bits per heavy atom. The number of aromatic nitrogens is 8. The Morgan fingerprint density at radius 1 is 0.224 bits per heavy atom. The summed E-state index contributed by atoms with van der Waals surface area (Å²) in [5.41, 5.74) is 19.6. The van der Waals surface area contributed by atoms with Gasteiger partial charge in [0.1, 0.15) is 0 Å². The van der Waals surface area contributed by atoms with E-state index in [9.17, 15) is 0 Å². The number of hydrogen-bond donors (Lipinski definition) is 0. The van der Waals surface area contributed by atoms with Gasteiger partial charge >= 0.3 is 0 Å². The SMILES string of the molecule is Cc1cccc(-c2nc(-c3cccc(C)c3)nc(-n3c4ccc(-n5c6ccccc6c6ccc7c8ccccc8n(-c8ccccc8)c7c65)cc4c4cc(-n5c6ccccc6c6ccc7c8ccccc8n(-c8ccccc8)c7c65)ccc43)n2)c1. The fraction of sp³-hybridized carbons (Fsp3) is 0.0260. The zero-order valence-corrected chi connectivity index (χ0v) is 46.5. The van der Waals surface area contributed by atoms with Gasteiger partial charge in [-0.2, -0.15) is 9.97 Å². The fourth-order valence-corrected chi connectivity index (χ4v) is 14.0. The Kier molecular flexibility index (Phi) is 10.1. The van der Waals surface area contributed by atoms with Crippen LogP contribution in [0.2, 0.25) is 0 Å². The number of benzene rings is 12. The quantitative estimate of drug-likeness (QED) is 0.160. The van der Waals surface area contributed by atoms with Gasteiger partial charge in [0.2, 0.25) is 5.95 Å². The first-order chi connectivity index (χ1) is 42.0. The minimum atomic E-state index is 0.542. The molecule has 85 heavy (non-hydrogen) atoms. The molecular formula is C77H50N8. The van der Waals surface area contributed by atoms with E-state index in [0.717, 1.165) is 111 Å². The molecule has 0 saturated heterocycles. The zero-order chi connectivity index (χ0) is 56.0. The van der Waals surface area contributed by atoms with Gasteiger partial charge in [0.15, 0.2) is 11.6 Å². The number of aryl methyl sites for hydroxylation is 2. The van der Waals surface area contributed by atoms with Crippen molar-refractivity contribution >= 4 is 109 Å². The summed E-state index contributed by atoms with van der Waals surface area (Å²) in [6.07, 6.45) is 0. The van der Waals surface area contributed by atoms with Crippen LogP contribution in [0, 0.1) is 13.8 Å². The average molecular weight is 1090 g/mol. The summed E-state index contributed by atoms with van der Waals surface area (Å²) in [4.78, 5) is 16.1. The lowest BCUT2D eigenvalue weighted by atomic mass is 10.1. The van der Waals surface area contributed by atoms with E-state index in [-0.39, 0.29) is 0 Å². The van der Waals surface area contributed by atoms with Crippen molar-refractivity contribution < 1.29 is 0 Å². The van der Waals surface area contributed by atoms with Gasteiger partial charge in [-0.1, -0.05) is 181 Å². The lowest BCUT2D eigenvalue weighted by Gasteiger charge is -2.13. The van der Waals surface area contributed by atoms with Gasteiger partial charge in [-0.25, -0.2) is 4.98 Å². The molecule has 0 atom stereocenters. The molecule has 18 aromatic rings. The van der Waals surface area contributed by atoms with E-state index in [1.54, 1.807) is 0 Å². The minimum absolute atomic E-state index is 0.542. The molecule has 398 valence electrons. The lowest BCUT2D eigenvalue weighted by Crippen LogP contribution is -2.06. The molecule has 8 heteroatoms. The van der Waals surface area contributed by atoms with Crippen LogP contribution in [0.3, 0.4) is 0 Å². The summed E-state index contributed by atoms with van der Waals surface area (Å²) < 4.78 is 12.2. The van der Waals surface area contributed by atoms with Crippen molar-refractivity contribution in [3.05, 3.63) is 278 Å². The third-order valence-electron chi connectivity index (χ3n) is 17.6. The van der Waals surface area contributed by atoms with Crippen LogP contribution in [-0.4, -0.2) is 37.8 Å². The molecule has 0 aliphatic rings. The van der Waals surface area contributed by atoms with Crippen LogP contribution in [0.15, 0.2) is 267 Å². The Morgan fingerprint density at radius 2 is 0.553 bits per heavy atom. The maximum atomic E-state index is 5.46. The van der Waals surface area contributed by atoms with Gasteiger partial charge in [0, 0.05) is 87.7 Å². The Bertz CT molecular complexity index is 5460. The smallest absolute Gasteiger partial charge is 0.238 e. The van der Waals surface area contributed by atoms with E-state index in [0.29, 0.717) is 17.6 Å². The molecular weight excluding hydrogens is 1040 g/mol. The highest BCUT2D eigenvalue weighted by atomic mass is 15.2. The van der Waals surface area contributed by atoms with Crippen molar-refractivity contribution in [2.24, 2.45) is 0 Å². The number of hydrogen-bond acceptors (Lipinski definition) is 3. The molecule has 8 nitrogen and oxygen atoms in total. The second kappa shape index (κ2) is 18.1. The van der Waals surface area contributed by atoms with Crippen molar-refractivity contribution in [2.75, 3.05) is 0 Å². The molecule has 0 N–H and O–H groups in total. The van der Waals surface area contributed by atoms with E-state index in [4.69, 9.17) is 15.0 Å². The number of para-hydroxylation sites is 6. The van der Waals surface area contributed by atoms with Gasteiger partial charge in [-0.05, 0) is 111 Å². The highest BCUT2D eigenvalue weighted by molar-refractivity contribution is 6.26. The number of nitrogens with zero attached hydrogens (tertiary/aromatic N) is 8. The van der Waals surface area contributed by atoms with Crippen molar-refractivity contribution in [2.45, 2.75) is 13.8 Å². The van der Waals surface area contributed by atoms with Crippen LogP contribution >= 0.6 is 0 Å². The molecule has 6 heterocycles. The Balaban J connectivity index is 0.974. The summed E-state index contributed by atoms with van der Waals surface area (Å²) >= 11 is 0. The molecule has 6 aromatic heterocycles. The van der Waals surface area contributed by atoms with E-state index < -0.39 is 0 Å². The summed E-state index contributed by atoms with van der Waals surface area (Å²) in [6, 6.07) is 97.0. The van der Waals surface area contributed by atoms with Gasteiger partial charge in [0.05, 0.1) is 55.2 Å². The first-order valence-electron chi connectivity index (χ1n) is 29.0. The number of rotatable bonds is 7. The van der Waals surface area contributed by atoms with Crippen LogP contribution in [0.1, 0.15) is 11.1 Å². The second-order valence-corrected chi connectivity index (χ2v) is 22.6. The summed E-state index contributed by atoms with van der Waals surface area (Å²) in [6.45, 7) is 4.23. The molecule has 0 bridgehead atoms. The van der Waals surface area contributed by atoms with Crippen molar-refractivity contribution in [1.29, 1.82) is 0 Å². The molecule has 12 aromatic carbocycles. The molecule has 18 rings (SSSR count). The first-order valence-corrected chi connectivity index (χ1v) is 29.0. The monoisotopic (exact) mass is 1090 g/mol. The highest BCUT2D eigenvalue weighted by Crippen LogP contribution is 2.46. The molecule has 0 spiro atoms. The topological polar surface area (TPSA) is 63.3 Å². The van der Waals surface area contributed by atoms with Crippen molar-refractivity contribution in [1.82, 2.24) is 37.8 Å². The maximum Gasteiger partial charge on any atom is 0.238 e. The average Bonchev–Trinajstić information content (AvgIpc) is 1.72. The second-order valence-electron chi connectivity index (χ2n) is 22.6. The molecule has 0 unspecified atom stereocenters. The van der Waals surface area contributed by atoms with E-state index in [2.05, 4.69) is 304 Å². The third kappa shape index (κ3) is 6.94. The maximum absolute atomic E-state index is 5.46. The summed E-state index contributed by atoms with van der Waals surface area (Å²) in [5, 5.41) is 11.7. The van der Waals surface area contributed by atoms with Gasteiger partial charge in [-0.3, -0.25) is 4.57 Å². The van der Waals surface area contributed by atoms with Crippen LogP contribution in [0.25, 0.3) is 161 Å². The summed E-state index contributed by atoms with van der Waals surface area (Å²) in [5.74, 6) is 1.76. The van der Waals surface area contributed by atoms with E-state index >= 15 is 0 Å². The standard InChI is InChI=1S/C77H50N8/c1-47-19-17-21-49(43-47)75-78-76(50-22-18-20-48(2)44-50)80-77(79-75)85-69-41-35-53(83-67-33-15-11-29-57(67)61-39-37-59-55-27-9-13-31-65(55)81(71(59)73(61)83)51-23-5-3-6-24-51)45-63(69)64-46-54(36-42-70(64)85)84-68-34-16-12-30-58(68)62-40-38-60-56-28-10-14-32-66(56)82(72(60)74(62)84)52-25-7-4-8-26-52/h3-46H,1-2H3. The normalized spacial score (nSPS) is 12.1.